The zero-order valence-corrected chi connectivity index (χ0v) is 18.0. The minimum absolute atomic E-state index is 0.0317. The number of likely N-dealkylation sites (N-methyl/N-ethyl adjacent to an activating group) is 1. The number of benzene rings is 2. The van der Waals surface area contributed by atoms with Crippen LogP contribution >= 0.6 is 23.5 Å². The maximum Gasteiger partial charge on any atom is 0.269 e. The van der Waals surface area contributed by atoms with Crippen LogP contribution in [0.25, 0.3) is 0 Å². The van der Waals surface area contributed by atoms with Crippen LogP contribution in [0.15, 0.2) is 62.3 Å². The molecule has 2 aromatic carbocycles. The van der Waals surface area contributed by atoms with Gasteiger partial charge in [0.25, 0.3) is 5.91 Å². The monoisotopic (exact) mass is 427 g/mol. The number of aromatic hydroxyl groups is 1. The molecule has 1 saturated heterocycles. The van der Waals surface area contributed by atoms with E-state index in [1.54, 1.807) is 48.0 Å². The lowest BCUT2D eigenvalue weighted by atomic mass is 10.2. The van der Waals surface area contributed by atoms with E-state index in [-0.39, 0.29) is 11.7 Å². The summed E-state index contributed by atoms with van der Waals surface area (Å²) in [6, 6.07) is 12.6. The Morgan fingerprint density at radius 3 is 2.41 bits per heavy atom. The first-order valence-electron chi connectivity index (χ1n) is 9.30. The maximum absolute atomic E-state index is 13.2. The lowest BCUT2D eigenvalue weighted by Crippen LogP contribution is -2.29. The lowest BCUT2D eigenvalue weighted by Gasteiger charge is -2.19. The van der Waals surface area contributed by atoms with Crippen LogP contribution in [0.4, 0.5) is 11.4 Å². The third kappa shape index (κ3) is 3.58. The van der Waals surface area contributed by atoms with E-state index in [0.717, 1.165) is 27.9 Å². The van der Waals surface area contributed by atoms with Crippen molar-refractivity contribution >= 4 is 46.0 Å². The highest BCUT2D eigenvalue weighted by atomic mass is 32.2. The number of hydrogen-bond acceptors (Lipinski definition) is 7. The summed E-state index contributed by atoms with van der Waals surface area (Å²) < 4.78 is 5.37. The highest BCUT2D eigenvalue weighted by Gasteiger charge is 2.39. The van der Waals surface area contributed by atoms with Crippen molar-refractivity contribution in [1.29, 1.82) is 0 Å². The number of carbonyl (C=O) groups excluding carboxylic acids is 1. The second-order valence-corrected chi connectivity index (χ2v) is 8.38. The molecule has 0 unspecified atom stereocenters. The molecule has 0 aliphatic carbocycles. The van der Waals surface area contributed by atoms with E-state index in [0.29, 0.717) is 22.3 Å². The van der Waals surface area contributed by atoms with Crippen LogP contribution in [-0.2, 0) is 4.79 Å². The average molecular weight is 428 g/mol. The number of fused-ring (bicyclic) bond motifs is 1. The van der Waals surface area contributed by atoms with Gasteiger partial charge < -0.3 is 14.7 Å². The van der Waals surface area contributed by atoms with Gasteiger partial charge in [0.1, 0.15) is 21.4 Å². The van der Waals surface area contributed by atoms with Crippen molar-refractivity contribution in [3.8, 4) is 11.5 Å². The molecule has 29 heavy (non-hydrogen) atoms. The first-order chi connectivity index (χ1) is 14.0. The number of nitrogens with zero attached hydrogens (tertiary/aromatic N) is 3. The molecular weight excluding hydrogens is 406 g/mol. The Hall–Kier alpha value is -2.58. The third-order valence-corrected chi connectivity index (χ3v) is 7.05. The van der Waals surface area contributed by atoms with E-state index in [1.165, 1.54) is 11.8 Å². The molecule has 1 fully saturated rings. The van der Waals surface area contributed by atoms with E-state index in [4.69, 9.17) is 4.74 Å². The number of aliphatic imine (C=N–C) groups is 1. The number of amidine groups is 1. The van der Waals surface area contributed by atoms with E-state index in [9.17, 15) is 9.90 Å². The summed E-state index contributed by atoms with van der Waals surface area (Å²) in [5.74, 6) is 0.952. The number of amides is 1. The second-order valence-electron chi connectivity index (χ2n) is 6.38. The lowest BCUT2D eigenvalue weighted by molar-refractivity contribution is -0.122. The zero-order chi connectivity index (χ0) is 20.5. The Kier molecular flexibility index (Phi) is 5.47. The van der Waals surface area contributed by atoms with Gasteiger partial charge in [0.15, 0.2) is 5.17 Å². The van der Waals surface area contributed by atoms with Gasteiger partial charge in [0, 0.05) is 24.1 Å². The largest absolute Gasteiger partial charge is 0.508 e. The molecule has 0 bridgehead atoms. The van der Waals surface area contributed by atoms with Gasteiger partial charge in [0.05, 0.1) is 18.5 Å². The third-order valence-electron chi connectivity index (χ3n) is 4.67. The molecule has 2 aliphatic heterocycles. The molecule has 1 N–H and O–H groups in total. The average Bonchev–Trinajstić information content (AvgIpc) is 3.25. The standard InChI is InChI=1S/C21H21N3O3S2/c1-4-23-16-12-15(27-3)10-11-17(16)28-20(23)18-19(26)24(5-2)21(29-18)22-13-6-8-14(25)9-7-13/h6-12,25H,4-5H2,1-3H3. The fourth-order valence-electron chi connectivity index (χ4n) is 3.21. The van der Waals surface area contributed by atoms with Crippen molar-refractivity contribution in [2.75, 3.05) is 25.1 Å². The van der Waals surface area contributed by atoms with E-state index in [1.807, 2.05) is 25.1 Å². The Balaban J connectivity index is 1.73. The molecular formula is C21H21N3O3S2. The van der Waals surface area contributed by atoms with Crippen molar-refractivity contribution < 1.29 is 14.6 Å². The van der Waals surface area contributed by atoms with Crippen molar-refractivity contribution in [3.63, 3.8) is 0 Å². The summed E-state index contributed by atoms with van der Waals surface area (Å²) in [6.45, 7) is 5.30. The molecule has 0 radical (unpaired) electrons. The van der Waals surface area contributed by atoms with Crippen molar-refractivity contribution in [1.82, 2.24) is 4.90 Å². The van der Waals surface area contributed by atoms with Crippen LogP contribution in [0.5, 0.6) is 11.5 Å². The highest BCUT2D eigenvalue weighted by Crippen LogP contribution is 2.51. The molecule has 0 aromatic heterocycles. The van der Waals surface area contributed by atoms with Crippen LogP contribution in [0.1, 0.15) is 13.8 Å². The summed E-state index contributed by atoms with van der Waals surface area (Å²) in [6.07, 6.45) is 0. The minimum Gasteiger partial charge on any atom is -0.508 e. The number of thioether (sulfide) groups is 2. The SMILES string of the molecule is CCN1C(=O)C(=C2Sc3ccc(OC)cc3N2CC)SC1=Nc1ccc(O)cc1. The zero-order valence-electron chi connectivity index (χ0n) is 16.4. The molecule has 0 spiro atoms. The van der Waals surface area contributed by atoms with E-state index < -0.39 is 0 Å². The predicted molar refractivity (Wildman–Crippen MR) is 119 cm³/mol. The van der Waals surface area contributed by atoms with Gasteiger partial charge in [-0.1, -0.05) is 11.8 Å². The number of methoxy groups -OCH3 is 1. The topological polar surface area (TPSA) is 65.4 Å². The second kappa shape index (κ2) is 8.04. The summed E-state index contributed by atoms with van der Waals surface area (Å²) in [7, 11) is 1.65. The Morgan fingerprint density at radius 2 is 1.76 bits per heavy atom. The summed E-state index contributed by atoms with van der Waals surface area (Å²) in [5, 5.41) is 11.1. The van der Waals surface area contributed by atoms with Crippen LogP contribution in [0.2, 0.25) is 0 Å². The molecule has 150 valence electrons. The number of carbonyl (C=O) groups is 1. The van der Waals surface area contributed by atoms with Crippen LogP contribution in [0.3, 0.4) is 0 Å². The quantitative estimate of drug-likeness (QED) is 0.708. The Morgan fingerprint density at radius 1 is 1.03 bits per heavy atom. The number of phenols is 1. The predicted octanol–water partition coefficient (Wildman–Crippen LogP) is 4.78. The Bertz CT molecular complexity index is 1020. The van der Waals surface area contributed by atoms with Crippen molar-refractivity contribution in [3.05, 3.63) is 52.4 Å². The first-order valence-corrected chi connectivity index (χ1v) is 10.9. The molecule has 1 amide bonds. The van der Waals surface area contributed by atoms with Crippen LogP contribution in [-0.4, -0.2) is 41.3 Å². The normalized spacial score (nSPS) is 20.0. The molecule has 6 nitrogen and oxygen atoms in total. The van der Waals surface area contributed by atoms with Crippen molar-refractivity contribution in [2.24, 2.45) is 4.99 Å². The minimum atomic E-state index is -0.0317. The molecule has 8 heteroatoms. The van der Waals surface area contributed by atoms with Gasteiger partial charge in [-0.25, -0.2) is 4.99 Å². The number of ether oxygens (including phenoxy) is 1. The van der Waals surface area contributed by atoms with Crippen molar-refractivity contribution in [2.45, 2.75) is 18.7 Å². The number of rotatable bonds is 4. The van der Waals surface area contributed by atoms with E-state index in [2.05, 4.69) is 16.8 Å². The van der Waals surface area contributed by atoms with Gasteiger partial charge in [0.2, 0.25) is 0 Å². The summed E-state index contributed by atoms with van der Waals surface area (Å²) in [5.41, 5.74) is 1.75. The number of anilines is 1. The van der Waals surface area contributed by atoms with Gasteiger partial charge in [-0.3, -0.25) is 9.69 Å². The van der Waals surface area contributed by atoms with Crippen LogP contribution < -0.4 is 9.64 Å². The van der Waals surface area contributed by atoms with E-state index >= 15 is 0 Å². The number of hydrogen-bond donors (Lipinski definition) is 1. The summed E-state index contributed by atoms with van der Waals surface area (Å²) >= 11 is 3.00. The summed E-state index contributed by atoms with van der Waals surface area (Å²) in [4.78, 5) is 23.5. The smallest absolute Gasteiger partial charge is 0.269 e. The highest BCUT2D eigenvalue weighted by molar-refractivity contribution is 8.19. The van der Waals surface area contributed by atoms with Gasteiger partial charge >= 0.3 is 0 Å². The molecule has 2 aromatic rings. The maximum atomic E-state index is 13.2. The fourth-order valence-corrected chi connectivity index (χ4v) is 5.64. The number of phenolic OH excluding ortho intramolecular Hbond substituents is 1. The van der Waals surface area contributed by atoms with Gasteiger partial charge in [-0.2, -0.15) is 0 Å². The molecule has 2 heterocycles. The van der Waals surface area contributed by atoms with Crippen LogP contribution in [0, 0.1) is 0 Å². The first kappa shape index (κ1) is 19.7. The van der Waals surface area contributed by atoms with Gasteiger partial charge in [-0.15, -0.1) is 0 Å². The van der Waals surface area contributed by atoms with Gasteiger partial charge in [-0.05, 0) is 62.0 Å². The molecule has 4 rings (SSSR count). The fraction of sp³-hybridized carbons (Fsp3) is 0.238. The molecule has 0 atom stereocenters. The Labute approximate surface area is 178 Å². The molecule has 0 saturated carbocycles. The molecule has 2 aliphatic rings.